The molecule has 0 spiro atoms. The van der Waals surface area contributed by atoms with Gasteiger partial charge in [0.15, 0.2) is 5.43 Å². The third kappa shape index (κ3) is 2.97. The van der Waals surface area contributed by atoms with E-state index in [-0.39, 0.29) is 11.2 Å². The van der Waals surface area contributed by atoms with Crippen molar-refractivity contribution in [1.29, 1.82) is 0 Å². The van der Waals surface area contributed by atoms with E-state index in [1.165, 1.54) is 11.3 Å². The molecule has 29 heavy (non-hydrogen) atoms. The second-order valence-electron chi connectivity index (χ2n) is 6.69. The lowest BCUT2D eigenvalue weighted by Crippen LogP contribution is -2.08. The molecule has 0 saturated carbocycles. The van der Waals surface area contributed by atoms with Gasteiger partial charge in [-0.05, 0) is 36.4 Å². The van der Waals surface area contributed by atoms with Crippen LogP contribution in [0.25, 0.3) is 26.8 Å². The predicted molar refractivity (Wildman–Crippen MR) is 120 cm³/mol. The molecule has 0 radical (unpaired) electrons. The van der Waals surface area contributed by atoms with Gasteiger partial charge in [0.1, 0.15) is 4.83 Å². The fourth-order valence-corrected chi connectivity index (χ4v) is 4.85. The second-order valence-corrected chi connectivity index (χ2v) is 8.15. The number of benzene rings is 3. The average Bonchev–Trinajstić information content (AvgIpc) is 3.20. The lowest BCUT2D eigenvalue weighted by atomic mass is 10.1. The van der Waals surface area contributed by atoms with Gasteiger partial charge in [-0.15, -0.1) is 11.3 Å². The predicted octanol–water partition coefficient (Wildman–Crippen LogP) is 6.09. The maximum absolute atomic E-state index is 13.2. The maximum atomic E-state index is 13.2. The lowest BCUT2D eigenvalue weighted by molar-refractivity contribution is 0.104. The van der Waals surface area contributed by atoms with E-state index in [9.17, 15) is 9.59 Å². The maximum Gasteiger partial charge on any atom is 0.203 e. The van der Waals surface area contributed by atoms with Gasteiger partial charge < -0.3 is 4.57 Å². The van der Waals surface area contributed by atoms with E-state index in [2.05, 4.69) is 0 Å². The molecule has 3 aromatic carbocycles. The van der Waals surface area contributed by atoms with Crippen molar-refractivity contribution in [1.82, 2.24) is 4.57 Å². The van der Waals surface area contributed by atoms with Gasteiger partial charge in [-0.2, -0.15) is 0 Å². The Kier molecular flexibility index (Phi) is 4.31. The van der Waals surface area contributed by atoms with Crippen molar-refractivity contribution in [3.8, 4) is 5.69 Å². The van der Waals surface area contributed by atoms with Gasteiger partial charge in [-0.1, -0.05) is 60.1 Å². The molecule has 0 aliphatic rings. The van der Waals surface area contributed by atoms with Crippen molar-refractivity contribution >= 4 is 49.8 Å². The van der Waals surface area contributed by atoms with Crippen LogP contribution in [0.15, 0.2) is 89.7 Å². The van der Waals surface area contributed by atoms with Crippen LogP contribution in [0.3, 0.4) is 0 Å². The molecule has 0 amide bonds. The van der Waals surface area contributed by atoms with E-state index in [1.807, 2.05) is 59.2 Å². The number of para-hydroxylation sites is 1. The van der Waals surface area contributed by atoms with Crippen LogP contribution in [0.5, 0.6) is 0 Å². The Hall–Kier alpha value is -3.21. The molecular formula is C24H14ClNO2S. The van der Waals surface area contributed by atoms with Crippen molar-refractivity contribution < 1.29 is 4.79 Å². The molecule has 0 atom stereocenters. The fourth-order valence-electron chi connectivity index (χ4n) is 3.53. The molecule has 3 nitrogen and oxygen atoms in total. The average molecular weight is 416 g/mol. The number of hydrogen-bond acceptors (Lipinski definition) is 3. The number of carbonyl (C=O) groups excluding carboxylic acids is 1. The molecule has 0 N–H and O–H groups in total. The quantitative estimate of drug-likeness (QED) is 0.334. The summed E-state index contributed by atoms with van der Waals surface area (Å²) < 4.78 is 2.02. The Morgan fingerprint density at radius 1 is 0.828 bits per heavy atom. The van der Waals surface area contributed by atoms with Gasteiger partial charge in [0, 0.05) is 21.7 Å². The summed E-state index contributed by atoms with van der Waals surface area (Å²) in [5, 5.41) is 1.56. The molecule has 0 saturated heterocycles. The topological polar surface area (TPSA) is 39.1 Å². The number of fused-ring (bicyclic) bond motifs is 2. The van der Waals surface area contributed by atoms with E-state index >= 15 is 0 Å². The van der Waals surface area contributed by atoms with Gasteiger partial charge in [0.25, 0.3) is 0 Å². The fraction of sp³-hybridized carbons (Fsp3) is 0. The van der Waals surface area contributed by atoms with Crippen molar-refractivity contribution in [2.75, 3.05) is 0 Å². The molecule has 2 aromatic heterocycles. The monoisotopic (exact) mass is 415 g/mol. The first-order valence-corrected chi connectivity index (χ1v) is 10.3. The molecule has 140 valence electrons. The normalized spacial score (nSPS) is 11.2. The van der Waals surface area contributed by atoms with Crippen molar-refractivity contribution in [3.05, 3.63) is 111 Å². The molecule has 5 aromatic rings. The number of hydrogen-bond donors (Lipinski definition) is 0. The van der Waals surface area contributed by atoms with Gasteiger partial charge >= 0.3 is 0 Å². The van der Waals surface area contributed by atoms with Crippen LogP contribution >= 0.6 is 22.9 Å². The Labute approximate surface area is 175 Å². The van der Waals surface area contributed by atoms with Crippen molar-refractivity contribution in [2.45, 2.75) is 0 Å². The summed E-state index contributed by atoms with van der Waals surface area (Å²) in [7, 11) is 0. The van der Waals surface area contributed by atoms with Gasteiger partial charge in [0.2, 0.25) is 5.78 Å². The first-order chi connectivity index (χ1) is 14.1. The third-order valence-corrected chi connectivity index (χ3v) is 6.23. The zero-order valence-electron chi connectivity index (χ0n) is 15.1. The molecule has 0 unspecified atom stereocenters. The SMILES string of the molecule is O=C(c1ccccc1)c1cc2c(=O)c3cc(Cl)ccc3n(-c3ccccc3)c2s1. The van der Waals surface area contributed by atoms with Crippen LogP contribution in [0.2, 0.25) is 5.02 Å². The molecule has 5 heteroatoms. The molecule has 0 aliphatic heterocycles. The van der Waals surface area contributed by atoms with Crippen LogP contribution in [0.4, 0.5) is 0 Å². The van der Waals surface area contributed by atoms with Crippen molar-refractivity contribution in [2.24, 2.45) is 0 Å². The summed E-state index contributed by atoms with van der Waals surface area (Å²) in [6, 6.07) is 25.9. The minimum absolute atomic E-state index is 0.0899. The van der Waals surface area contributed by atoms with Gasteiger partial charge in [0.05, 0.1) is 15.8 Å². The number of pyridine rings is 1. The zero-order chi connectivity index (χ0) is 20.0. The highest BCUT2D eigenvalue weighted by Crippen LogP contribution is 2.32. The number of aromatic nitrogens is 1. The standard InChI is InChI=1S/C24H14ClNO2S/c25-16-11-12-20-18(13-16)23(28)19-14-21(22(27)15-7-3-1-4-8-15)29-24(19)26(20)17-9-5-2-6-10-17/h1-14H. The van der Waals surface area contributed by atoms with E-state index < -0.39 is 0 Å². The van der Waals surface area contributed by atoms with E-state index in [0.717, 1.165) is 16.0 Å². The third-order valence-electron chi connectivity index (χ3n) is 4.88. The Morgan fingerprint density at radius 2 is 1.52 bits per heavy atom. The number of thiophene rings is 1. The highest BCUT2D eigenvalue weighted by molar-refractivity contribution is 7.20. The highest BCUT2D eigenvalue weighted by Gasteiger charge is 2.19. The van der Waals surface area contributed by atoms with Crippen LogP contribution in [-0.4, -0.2) is 10.4 Å². The smallest absolute Gasteiger partial charge is 0.203 e. The minimum atomic E-state index is -0.118. The first kappa shape index (κ1) is 17.9. The molecule has 2 heterocycles. The number of nitrogens with zero attached hydrogens (tertiary/aromatic N) is 1. The number of rotatable bonds is 3. The summed E-state index contributed by atoms with van der Waals surface area (Å²) in [6.45, 7) is 0. The molecule has 5 rings (SSSR count). The number of halogens is 1. The summed E-state index contributed by atoms with van der Waals surface area (Å²) in [6.07, 6.45) is 0. The molecule has 0 bridgehead atoms. The van der Waals surface area contributed by atoms with Crippen molar-refractivity contribution in [3.63, 3.8) is 0 Å². The van der Waals surface area contributed by atoms with Crippen LogP contribution in [0, 0.1) is 0 Å². The van der Waals surface area contributed by atoms with Gasteiger partial charge in [-0.25, -0.2) is 0 Å². The van der Waals surface area contributed by atoms with Gasteiger partial charge in [-0.3, -0.25) is 9.59 Å². The number of carbonyl (C=O) groups is 1. The Bertz CT molecular complexity index is 1440. The van der Waals surface area contributed by atoms with Crippen LogP contribution in [-0.2, 0) is 0 Å². The highest BCUT2D eigenvalue weighted by atomic mass is 35.5. The van der Waals surface area contributed by atoms with E-state index in [1.54, 1.807) is 30.3 Å². The zero-order valence-corrected chi connectivity index (χ0v) is 16.7. The molecule has 0 aliphatic carbocycles. The molecule has 0 fully saturated rings. The number of ketones is 1. The summed E-state index contributed by atoms with van der Waals surface area (Å²) >= 11 is 7.51. The van der Waals surface area contributed by atoms with E-state index in [0.29, 0.717) is 26.2 Å². The lowest BCUT2D eigenvalue weighted by Gasteiger charge is -2.13. The summed E-state index contributed by atoms with van der Waals surface area (Å²) in [4.78, 5) is 27.5. The Morgan fingerprint density at radius 3 is 2.24 bits per heavy atom. The summed E-state index contributed by atoms with van der Waals surface area (Å²) in [5.41, 5.74) is 2.17. The van der Waals surface area contributed by atoms with E-state index in [4.69, 9.17) is 11.6 Å². The van der Waals surface area contributed by atoms with Crippen LogP contribution < -0.4 is 5.43 Å². The Balaban J connectivity index is 1.87. The second kappa shape index (κ2) is 6.99. The molecular weight excluding hydrogens is 402 g/mol. The largest absolute Gasteiger partial charge is 0.301 e. The van der Waals surface area contributed by atoms with Crippen LogP contribution in [0.1, 0.15) is 15.2 Å². The summed E-state index contributed by atoms with van der Waals surface area (Å²) in [5.74, 6) is -0.0899. The minimum Gasteiger partial charge on any atom is -0.301 e. The first-order valence-electron chi connectivity index (χ1n) is 9.06.